The molecule has 0 aliphatic carbocycles. The zero-order valence-corrected chi connectivity index (χ0v) is 20.5. The molecule has 0 saturated carbocycles. The van der Waals surface area contributed by atoms with Crippen molar-refractivity contribution in [3.8, 4) is 11.3 Å². The number of benzene rings is 2. The molecule has 1 aliphatic heterocycles. The van der Waals surface area contributed by atoms with E-state index in [1.807, 2.05) is 12.1 Å². The standard InChI is InChI=1S/C23H19ClN4O5S2/c24-20-8-3-16(14-19(20)21-9-10-22-23(26-21)2-1-11-25-22)27-35(31,32)18-6-4-17(5-7-18)28-15-33-12-13-34(28,29)30/h1-11,14,27H,12-13,15H2. The molecule has 2 aromatic heterocycles. The minimum Gasteiger partial charge on any atom is -0.359 e. The van der Waals surface area contributed by atoms with Gasteiger partial charge in [-0.25, -0.2) is 26.1 Å². The molecule has 0 spiro atoms. The van der Waals surface area contributed by atoms with Crippen molar-refractivity contribution in [3.63, 3.8) is 0 Å². The molecule has 0 atom stereocenters. The maximum Gasteiger partial charge on any atom is 0.261 e. The monoisotopic (exact) mass is 530 g/mol. The van der Waals surface area contributed by atoms with Crippen LogP contribution >= 0.6 is 11.6 Å². The molecule has 0 amide bonds. The Morgan fingerprint density at radius 3 is 2.57 bits per heavy atom. The van der Waals surface area contributed by atoms with Gasteiger partial charge in [0, 0.05) is 17.4 Å². The average molecular weight is 531 g/mol. The molecule has 12 heteroatoms. The Balaban J connectivity index is 1.41. The maximum absolute atomic E-state index is 13.0. The number of rotatable bonds is 5. The molecule has 5 rings (SSSR count). The summed E-state index contributed by atoms with van der Waals surface area (Å²) in [4.78, 5) is 8.81. The van der Waals surface area contributed by atoms with Crippen molar-refractivity contribution in [1.29, 1.82) is 0 Å². The van der Waals surface area contributed by atoms with E-state index in [9.17, 15) is 16.8 Å². The van der Waals surface area contributed by atoms with Crippen LogP contribution in [-0.2, 0) is 24.8 Å². The van der Waals surface area contributed by atoms with Gasteiger partial charge in [-0.3, -0.25) is 9.71 Å². The molecule has 0 unspecified atom stereocenters. The first-order valence-electron chi connectivity index (χ1n) is 10.5. The Kier molecular flexibility index (Phi) is 6.09. The largest absolute Gasteiger partial charge is 0.359 e. The lowest BCUT2D eigenvalue weighted by molar-refractivity contribution is 0.149. The van der Waals surface area contributed by atoms with Crippen molar-refractivity contribution >= 4 is 54.1 Å². The Morgan fingerprint density at radius 2 is 1.80 bits per heavy atom. The molecule has 0 bridgehead atoms. The summed E-state index contributed by atoms with van der Waals surface area (Å²) in [5.74, 6) is -0.129. The van der Waals surface area contributed by atoms with E-state index >= 15 is 0 Å². The number of pyridine rings is 2. The highest BCUT2D eigenvalue weighted by Gasteiger charge is 2.27. The summed E-state index contributed by atoms with van der Waals surface area (Å²) in [6, 6.07) is 17.5. The van der Waals surface area contributed by atoms with Gasteiger partial charge in [-0.2, -0.15) is 0 Å². The van der Waals surface area contributed by atoms with Crippen molar-refractivity contribution in [2.24, 2.45) is 0 Å². The number of ether oxygens (including phenoxy) is 1. The third-order valence-electron chi connectivity index (χ3n) is 5.42. The van der Waals surface area contributed by atoms with Crippen molar-refractivity contribution < 1.29 is 21.6 Å². The van der Waals surface area contributed by atoms with E-state index < -0.39 is 20.0 Å². The van der Waals surface area contributed by atoms with Crippen LogP contribution in [0.5, 0.6) is 0 Å². The SMILES string of the molecule is O=S(=O)(Nc1ccc(Cl)c(-c2ccc3ncccc3n2)c1)c1ccc(N2COCCS2(=O)=O)cc1. The van der Waals surface area contributed by atoms with Gasteiger partial charge in [0.05, 0.1) is 44.7 Å². The van der Waals surface area contributed by atoms with Crippen LogP contribution in [0.3, 0.4) is 0 Å². The van der Waals surface area contributed by atoms with Gasteiger partial charge < -0.3 is 4.74 Å². The predicted molar refractivity (Wildman–Crippen MR) is 134 cm³/mol. The number of nitrogens with zero attached hydrogens (tertiary/aromatic N) is 3. The summed E-state index contributed by atoms with van der Waals surface area (Å²) in [7, 11) is -7.46. The molecule has 1 aliphatic rings. The van der Waals surface area contributed by atoms with Crippen molar-refractivity contribution in [1.82, 2.24) is 9.97 Å². The summed E-state index contributed by atoms with van der Waals surface area (Å²) in [5.41, 5.74) is 3.18. The molecular formula is C23H19ClN4O5S2. The number of sulfonamides is 2. The van der Waals surface area contributed by atoms with E-state index in [0.717, 1.165) is 9.82 Å². The second-order valence-electron chi connectivity index (χ2n) is 7.73. The van der Waals surface area contributed by atoms with Gasteiger partial charge in [-0.1, -0.05) is 11.6 Å². The van der Waals surface area contributed by atoms with Crippen molar-refractivity contribution in [3.05, 3.63) is 77.9 Å². The number of aromatic nitrogens is 2. The van der Waals surface area contributed by atoms with Gasteiger partial charge in [0.2, 0.25) is 10.0 Å². The lowest BCUT2D eigenvalue weighted by Crippen LogP contribution is -2.41. The molecule has 0 radical (unpaired) electrons. The summed E-state index contributed by atoms with van der Waals surface area (Å²) in [6.07, 6.45) is 1.68. The predicted octanol–water partition coefficient (Wildman–Crippen LogP) is 3.87. The molecule has 1 saturated heterocycles. The van der Waals surface area contributed by atoms with Crippen LogP contribution in [0.1, 0.15) is 0 Å². The first kappa shape index (κ1) is 23.5. The van der Waals surface area contributed by atoms with Gasteiger partial charge in [0.1, 0.15) is 6.73 Å². The highest BCUT2D eigenvalue weighted by molar-refractivity contribution is 7.93. The topological polar surface area (TPSA) is 119 Å². The average Bonchev–Trinajstić information content (AvgIpc) is 2.84. The van der Waals surface area contributed by atoms with Gasteiger partial charge in [0.25, 0.3) is 10.0 Å². The summed E-state index contributed by atoms with van der Waals surface area (Å²) in [5, 5.41) is 0.415. The molecule has 1 N–H and O–H groups in total. The van der Waals surface area contributed by atoms with E-state index in [1.54, 1.807) is 36.5 Å². The second-order valence-corrected chi connectivity index (χ2v) is 11.8. The van der Waals surface area contributed by atoms with E-state index in [0.29, 0.717) is 33.2 Å². The van der Waals surface area contributed by atoms with E-state index in [2.05, 4.69) is 14.7 Å². The van der Waals surface area contributed by atoms with Crippen LogP contribution in [0.2, 0.25) is 5.02 Å². The molecule has 4 aromatic rings. The number of hydrogen-bond donors (Lipinski definition) is 1. The fourth-order valence-electron chi connectivity index (χ4n) is 3.63. The van der Waals surface area contributed by atoms with E-state index in [1.165, 1.54) is 24.3 Å². The Hall–Kier alpha value is -3.25. The molecule has 180 valence electrons. The Labute approximate surface area is 207 Å². The molecule has 3 heterocycles. The minimum atomic E-state index is -3.96. The molecular weight excluding hydrogens is 512 g/mol. The van der Waals surface area contributed by atoms with Crippen molar-refractivity contribution in [2.75, 3.05) is 28.1 Å². The van der Waals surface area contributed by atoms with Gasteiger partial charge in [-0.05, 0) is 66.7 Å². The third-order valence-corrected chi connectivity index (χ3v) is 8.81. The van der Waals surface area contributed by atoms with E-state index in [4.69, 9.17) is 16.3 Å². The zero-order valence-electron chi connectivity index (χ0n) is 18.1. The normalized spacial score (nSPS) is 15.7. The first-order chi connectivity index (χ1) is 16.7. The molecule has 9 nitrogen and oxygen atoms in total. The molecule has 1 fully saturated rings. The zero-order chi connectivity index (χ0) is 24.6. The number of nitrogens with one attached hydrogen (secondary N) is 1. The molecule has 2 aromatic carbocycles. The second kappa shape index (κ2) is 9.08. The fraction of sp³-hybridized carbons (Fsp3) is 0.130. The third kappa shape index (κ3) is 4.80. The van der Waals surface area contributed by atoms with Gasteiger partial charge in [-0.15, -0.1) is 0 Å². The number of anilines is 2. The highest BCUT2D eigenvalue weighted by atomic mass is 35.5. The van der Waals surface area contributed by atoms with Crippen molar-refractivity contribution in [2.45, 2.75) is 4.90 Å². The van der Waals surface area contributed by atoms with Crippen LogP contribution in [-0.4, -0.2) is 45.9 Å². The fourth-order valence-corrected chi connectivity index (χ4v) is 6.13. The Bertz CT molecular complexity index is 1630. The first-order valence-corrected chi connectivity index (χ1v) is 13.9. The van der Waals surface area contributed by atoms with Crippen LogP contribution < -0.4 is 9.03 Å². The smallest absolute Gasteiger partial charge is 0.261 e. The number of hydrogen-bond acceptors (Lipinski definition) is 7. The van der Waals surface area contributed by atoms with Gasteiger partial charge >= 0.3 is 0 Å². The summed E-state index contributed by atoms with van der Waals surface area (Å²) < 4.78 is 59.4. The van der Waals surface area contributed by atoms with Crippen LogP contribution in [0, 0.1) is 0 Å². The van der Waals surface area contributed by atoms with Gasteiger partial charge in [0.15, 0.2) is 0 Å². The maximum atomic E-state index is 13.0. The lowest BCUT2D eigenvalue weighted by atomic mass is 10.1. The molecule has 35 heavy (non-hydrogen) atoms. The van der Waals surface area contributed by atoms with E-state index in [-0.39, 0.29) is 24.0 Å². The van der Waals surface area contributed by atoms with Crippen LogP contribution in [0.15, 0.2) is 77.8 Å². The van der Waals surface area contributed by atoms with Crippen LogP contribution in [0.25, 0.3) is 22.3 Å². The Morgan fingerprint density at radius 1 is 1.00 bits per heavy atom. The number of halogens is 1. The summed E-state index contributed by atoms with van der Waals surface area (Å²) in [6.45, 7) is 0.0169. The summed E-state index contributed by atoms with van der Waals surface area (Å²) >= 11 is 6.39. The van der Waals surface area contributed by atoms with Crippen LogP contribution in [0.4, 0.5) is 11.4 Å². The minimum absolute atomic E-state index is 0.0250. The number of fused-ring (bicyclic) bond motifs is 1. The quantitative estimate of drug-likeness (QED) is 0.416. The highest BCUT2D eigenvalue weighted by Crippen LogP contribution is 2.31. The lowest BCUT2D eigenvalue weighted by Gasteiger charge is -2.28.